The smallest absolute Gasteiger partial charge is 0.126 e. The third-order valence-corrected chi connectivity index (χ3v) is 2.97. The molecule has 0 aliphatic carbocycles. The van der Waals surface area contributed by atoms with Crippen LogP contribution in [0, 0.1) is 11.3 Å². The molecule has 18 heavy (non-hydrogen) atoms. The largest absolute Gasteiger partial charge is 0.363 e. The van der Waals surface area contributed by atoms with Crippen molar-refractivity contribution in [1.82, 2.24) is 4.98 Å². The van der Waals surface area contributed by atoms with Gasteiger partial charge in [0.05, 0.1) is 11.6 Å². The maximum absolute atomic E-state index is 8.70. The van der Waals surface area contributed by atoms with Gasteiger partial charge in [0.2, 0.25) is 0 Å². The number of pyridine rings is 1. The van der Waals surface area contributed by atoms with Crippen molar-refractivity contribution in [3.05, 3.63) is 58.7 Å². The minimum atomic E-state index is 0.0548. The second-order valence-electron chi connectivity index (χ2n) is 3.93. The van der Waals surface area contributed by atoms with Gasteiger partial charge in [0, 0.05) is 11.2 Å². The topological polar surface area (TPSA) is 48.7 Å². The lowest BCUT2D eigenvalue weighted by Gasteiger charge is -2.16. The van der Waals surface area contributed by atoms with E-state index in [4.69, 9.17) is 16.9 Å². The Bertz CT molecular complexity index is 572. The van der Waals surface area contributed by atoms with E-state index < -0.39 is 0 Å². The Morgan fingerprint density at radius 3 is 2.67 bits per heavy atom. The maximum Gasteiger partial charge on any atom is 0.126 e. The van der Waals surface area contributed by atoms with Gasteiger partial charge in [0.15, 0.2) is 0 Å². The SMILES string of the molecule is CC(Nc1ccc(C#N)cn1)c1ccccc1Cl. The number of nitrogens with one attached hydrogen (secondary N) is 1. The highest BCUT2D eigenvalue weighted by Crippen LogP contribution is 2.24. The Labute approximate surface area is 111 Å². The summed E-state index contributed by atoms with van der Waals surface area (Å²) in [7, 11) is 0. The molecule has 0 fully saturated rings. The third kappa shape index (κ3) is 2.79. The van der Waals surface area contributed by atoms with E-state index in [-0.39, 0.29) is 6.04 Å². The zero-order valence-corrected chi connectivity index (χ0v) is 10.6. The molecule has 4 heteroatoms. The number of nitrogens with zero attached hydrogens (tertiary/aromatic N) is 2. The fraction of sp³-hybridized carbons (Fsp3) is 0.143. The highest BCUT2D eigenvalue weighted by Gasteiger charge is 2.09. The molecule has 1 N–H and O–H groups in total. The van der Waals surface area contributed by atoms with E-state index in [2.05, 4.69) is 10.3 Å². The Kier molecular flexibility index (Phi) is 3.81. The first-order valence-corrected chi connectivity index (χ1v) is 5.95. The molecule has 3 nitrogen and oxygen atoms in total. The summed E-state index contributed by atoms with van der Waals surface area (Å²) in [5.41, 5.74) is 1.57. The predicted molar refractivity (Wildman–Crippen MR) is 72.4 cm³/mol. The van der Waals surface area contributed by atoms with Gasteiger partial charge in [-0.1, -0.05) is 29.8 Å². The van der Waals surface area contributed by atoms with Crippen LogP contribution in [0.3, 0.4) is 0 Å². The lowest BCUT2D eigenvalue weighted by atomic mass is 10.1. The second kappa shape index (κ2) is 5.52. The maximum atomic E-state index is 8.70. The molecule has 0 spiro atoms. The summed E-state index contributed by atoms with van der Waals surface area (Å²) in [5, 5.41) is 12.7. The Morgan fingerprint density at radius 2 is 2.06 bits per heavy atom. The number of hydrogen-bond acceptors (Lipinski definition) is 3. The molecule has 1 unspecified atom stereocenters. The van der Waals surface area contributed by atoms with Crippen molar-refractivity contribution in [3.63, 3.8) is 0 Å². The van der Waals surface area contributed by atoms with Crippen molar-refractivity contribution in [3.8, 4) is 6.07 Å². The molecule has 0 radical (unpaired) electrons. The first-order chi connectivity index (χ1) is 8.70. The first kappa shape index (κ1) is 12.4. The number of rotatable bonds is 3. The molecule has 0 aliphatic heterocycles. The Morgan fingerprint density at radius 1 is 1.28 bits per heavy atom. The molecular formula is C14H12ClN3. The number of anilines is 1. The fourth-order valence-corrected chi connectivity index (χ4v) is 1.97. The summed E-state index contributed by atoms with van der Waals surface area (Å²) in [6.07, 6.45) is 1.54. The third-order valence-electron chi connectivity index (χ3n) is 2.63. The number of aromatic nitrogens is 1. The molecule has 0 bridgehead atoms. The van der Waals surface area contributed by atoms with Gasteiger partial charge in [0.25, 0.3) is 0 Å². The van der Waals surface area contributed by atoms with Crippen LogP contribution in [0.1, 0.15) is 24.1 Å². The molecule has 1 heterocycles. The van der Waals surface area contributed by atoms with Crippen LogP contribution >= 0.6 is 11.6 Å². The lowest BCUT2D eigenvalue weighted by molar-refractivity contribution is 0.875. The first-order valence-electron chi connectivity index (χ1n) is 5.58. The normalized spacial score (nSPS) is 11.6. The van der Waals surface area contributed by atoms with Crippen molar-refractivity contribution in [2.24, 2.45) is 0 Å². The fourth-order valence-electron chi connectivity index (χ4n) is 1.67. The zero-order chi connectivity index (χ0) is 13.0. The minimum absolute atomic E-state index is 0.0548. The molecule has 2 aromatic rings. The van der Waals surface area contributed by atoms with Gasteiger partial charge in [-0.25, -0.2) is 4.98 Å². The van der Waals surface area contributed by atoms with E-state index in [0.29, 0.717) is 5.56 Å². The molecule has 1 aromatic carbocycles. The summed E-state index contributed by atoms with van der Waals surface area (Å²) in [6, 6.07) is 13.3. The standard InChI is InChI=1S/C14H12ClN3/c1-10(12-4-2-3-5-13(12)15)18-14-7-6-11(8-16)9-17-14/h2-7,9-10H,1H3,(H,17,18). The number of halogens is 1. The molecule has 0 aliphatic rings. The van der Waals surface area contributed by atoms with Crippen molar-refractivity contribution in [2.75, 3.05) is 5.32 Å². The van der Waals surface area contributed by atoms with E-state index in [0.717, 1.165) is 16.4 Å². The van der Waals surface area contributed by atoms with Crippen LogP contribution in [-0.2, 0) is 0 Å². The Hall–Kier alpha value is -2.05. The van der Waals surface area contributed by atoms with E-state index in [1.807, 2.05) is 37.3 Å². The van der Waals surface area contributed by atoms with Gasteiger partial charge in [-0.2, -0.15) is 5.26 Å². The van der Waals surface area contributed by atoms with Gasteiger partial charge in [-0.3, -0.25) is 0 Å². The molecule has 0 saturated carbocycles. The van der Waals surface area contributed by atoms with Crippen LogP contribution in [0.5, 0.6) is 0 Å². The van der Waals surface area contributed by atoms with Crippen LogP contribution in [-0.4, -0.2) is 4.98 Å². The van der Waals surface area contributed by atoms with Gasteiger partial charge in [-0.05, 0) is 30.7 Å². The second-order valence-corrected chi connectivity index (χ2v) is 4.34. The average molecular weight is 258 g/mol. The lowest BCUT2D eigenvalue weighted by Crippen LogP contribution is -2.08. The molecule has 1 atom stereocenters. The minimum Gasteiger partial charge on any atom is -0.363 e. The van der Waals surface area contributed by atoms with Crippen LogP contribution in [0.15, 0.2) is 42.6 Å². The van der Waals surface area contributed by atoms with Crippen LogP contribution < -0.4 is 5.32 Å². The molecule has 0 saturated heterocycles. The molecule has 1 aromatic heterocycles. The summed E-state index contributed by atoms with van der Waals surface area (Å²) >= 11 is 6.13. The van der Waals surface area contributed by atoms with Gasteiger partial charge < -0.3 is 5.32 Å². The number of benzene rings is 1. The number of nitriles is 1. The van der Waals surface area contributed by atoms with E-state index in [1.165, 1.54) is 0 Å². The predicted octanol–water partition coefficient (Wildman–Crippen LogP) is 3.78. The summed E-state index contributed by atoms with van der Waals surface area (Å²) in [4.78, 5) is 4.17. The molecule has 2 rings (SSSR count). The Balaban J connectivity index is 2.14. The summed E-state index contributed by atoms with van der Waals surface area (Å²) < 4.78 is 0. The van der Waals surface area contributed by atoms with Crippen molar-refractivity contribution < 1.29 is 0 Å². The van der Waals surface area contributed by atoms with Gasteiger partial charge in [0.1, 0.15) is 11.9 Å². The monoisotopic (exact) mass is 257 g/mol. The quantitative estimate of drug-likeness (QED) is 0.910. The molecular weight excluding hydrogens is 246 g/mol. The van der Waals surface area contributed by atoms with Crippen LogP contribution in [0.2, 0.25) is 5.02 Å². The van der Waals surface area contributed by atoms with E-state index in [9.17, 15) is 0 Å². The van der Waals surface area contributed by atoms with Gasteiger partial charge in [-0.15, -0.1) is 0 Å². The summed E-state index contributed by atoms with van der Waals surface area (Å²) in [5.74, 6) is 0.724. The molecule has 0 amide bonds. The number of hydrogen-bond donors (Lipinski definition) is 1. The van der Waals surface area contributed by atoms with Crippen LogP contribution in [0.25, 0.3) is 0 Å². The van der Waals surface area contributed by atoms with Crippen LogP contribution in [0.4, 0.5) is 5.82 Å². The van der Waals surface area contributed by atoms with Crippen molar-refractivity contribution in [1.29, 1.82) is 5.26 Å². The average Bonchev–Trinajstić information content (AvgIpc) is 2.40. The zero-order valence-electron chi connectivity index (χ0n) is 9.89. The molecule has 90 valence electrons. The highest BCUT2D eigenvalue weighted by molar-refractivity contribution is 6.31. The highest BCUT2D eigenvalue weighted by atomic mass is 35.5. The van der Waals surface area contributed by atoms with E-state index in [1.54, 1.807) is 18.3 Å². The summed E-state index contributed by atoms with van der Waals surface area (Å²) in [6.45, 7) is 2.01. The van der Waals surface area contributed by atoms with E-state index >= 15 is 0 Å². The van der Waals surface area contributed by atoms with Crippen molar-refractivity contribution in [2.45, 2.75) is 13.0 Å². The van der Waals surface area contributed by atoms with Crippen molar-refractivity contribution >= 4 is 17.4 Å². The van der Waals surface area contributed by atoms with Gasteiger partial charge >= 0.3 is 0 Å².